The maximum atomic E-state index is 8.72. The number of rotatable bonds is 0. The molecule has 0 aromatic heterocycles. The Balaban J connectivity index is 0.000000138. The zero-order chi connectivity index (χ0) is 12.8. The maximum Gasteiger partial charge on any atom is 0.115 e. The Labute approximate surface area is 112 Å². The normalized spacial score (nSPS) is 9.61. The minimum Gasteiger partial charge on any atom is -0.508 e. The Morgan fingerprint density at radius 3 is 1.33 bits per heavy atom. The molecule has 3 aromatic carbocycles. The molecule has 0 amide bonds. The molecule has 0 radical (unpaired) electrons. The Morgan fingerprint density at radius 1 is 0.611 bits per heavy atom. The van der Waals surface area contributed by atoms with Gasteiger partial charge in [-0.1, -0.05) is 48.5 Å². The number of aromatic hydroxyl groups is 1. The first-order valence-corrected chi connectivity index (χ1v) is 6.12. The van der Waals surface area contributed by atoms with E-state index in [1.807, 2.05) is 0 Å². The molecule has 0 fully saturated rings. The zero-order valence-electron chi connectivity index (χ0n) is 9.82. The van der Waals surface area contributed by atoms with Crippen molar-refractivity contribution in [2.24, 2.45) is 0 Å². The van der Waals surface area contributed by atoms with Crippen LogP contribution < -0.4 is 0 Å². The Morgan fingerprint density at radius 2 is 1.00 bits per heavy atom. The lowest BCUT2D eigenvalue weighted by Crippen LogP contribution is -1.67. The summed E-state index contributed by atoms with van der Waals surface area (Å²) in [5, 5.41) is 11.3. The summed E-state index contributed by atoms with van der Waals surface area (Å²) in [6, 6.07) is 23.4. The molecule has 2 heteroatoms. The summed E-state index contributed by atoms with van der Waals surface area (Å²) in [6.07, 6.45) is 0. The lowest BCUT2D eigenvalue weighted by Gasteiger charge is -1.92. The highest BCUT2D eigenvalue weighted by Crippen LogP contribution is 2.12. The monoisotopic (exact) mass is 254 g/mol. The third-order valence-corrected chi connectivity index (χ3v) is 2.81. The number of phenolic OH excluding ortho intramolecular Hbond substituents is 1. The fraction of sp³-hybridized carbons (Fsp3) is 0. The fourth-order valence-electron chi connectivity index (χ4n) is 1.59. The fourth-order valence-corrected chi connectivity index (χ4v) is 1.73. The van der Waals surface area contributed by atoms with Gasteiger partial charge in [0.05, 0.1) is 0 Å². The van der Waals surface area contributed by atoms with Crippen molar-refractivity contribution in [3.05, 3.63) is 72.8 Å². The predicted molar refractivity (Wildman–Crippen MR) is 79.3 cm³/mol. The van der Waals surface area contributed by atoms with Crippen LogP contribution in [0.15, 0.2) is 77.7 Å². The van der Waals surface area contributed by atoms with Crippen molar-refractivity contribution < 1.29 is 5.11 Å². The Kier molecular flexibility index (Phi) is 4.26. The van der Waals surface area contributed by atoms with Crippen LogP contribution in [0.4, 0.5) is 0 Å². The molecule has 0 aliphatic rings. The van der Waals surface area contributed by atoms with Crippen molar-refractivity contribution in [2.75, 3.05) is 0 Å². The summed E-state index contributed by atoms with van der Waals surface area (Å²) in [4.78, 5) is 0.864. The van der Waals surface area contributed by atoms with Crippen LogP contribution in [0.1, 0.15) is 0 Å². The molecule has 0 unspecified atom stereocenters. The summed E-state index contributed by atoms with van der Waals surface area (Å²) in [5.74, 6) is 0.280. The molecule has 0 aliphatic carbocycles. The Bertz CT molecular complexity index is 531. The average Bonchev–Trinajstić information content (AvgIpc) is 2.43. The molecular formula is C16H14OS. The molecule has 0 heterocycles. The van der Waals surface area contributed by atoms with Crippen LogP contribution in [0.25, 0.3) is 10.8 Å². The van der Waals surface area contributed by atoms with Crippen molar-refractivity contribution in [3.63, 3.8) is 0 Å². The van der Waals surface area contributed by atoms with Crippen molar-refractivity contribution in [1.82, 2.24) is 0 Å². The topological polar surface area (TPSA) is 20.2 Å². The van der Waals surface area contributed by atoms with Crippen LogP contribution >= 0.6 is 12.6 Å². The van der Waals surface area contributed by atoms with E-state index >= 15 is 0 Å². The largest absolute Gasteiger partial charge is 0.508 e. The van der Waals surface area contributed by atoms with Crippen LogP contribution in [-0.4, -0.2) is 5.11 Å². The van der Waals surface area contributed by atoms with Crippen LogP contribution in [-0.2, 0) is 0 Å². The van der Waals surface area contributed by atoms with E-state index in [4.69, 9.17) is 5.11 Å². The molecule has 1 N–H and O–H groups in total. The maximum absolute atomic E-state index is 8.72. The summed E-state index contributed by atoms with van der Waals surface area (Å²) < 4.78 is 0. The van der Waals surface area contributed by atoms with Gasteiger partial charge in [0.1, 0.15) is 5.75 Å². The molecule has 0 aliphatic heterocycles. The van der Waals surface area contributed by atoms with Gasteiger partial charge in [0, 0.05) is 4.90 Å². The zero-order valence-corrected chi connectivity index (χ0v) is 10.7. The van der Waals surface area contributed by atoms with Gasteiger partial charge in [-0.05, 0) is 35.0 Å². The Hall–Kier alpha value is -1.93. The molecule has 0 spiro atoms. The minimum atomic E-state index is 0.280. The molecule has 3 aromatic rings. The highest BCUT2D eigenvalue weighted by Gasteiger charge is 1.85. The third kappa shape index (κ3) is 3.54. The molecule has 18 heavy (non-hydrogen) atoms. The van der Waals surface area contributed by atoms with Crippen molar-refractivity contribution in [3.8, 4) is 5.75 Å². The van der Waals surface area contributed by atoms with E-state index in [2.05, 4.69) is 61.2 Å². The van der Waals surface area contributed by atoms with E-state index in [0.29, 0.717) is 0 Å². The molecule has 90 valence electrons. The van der Waals surface area contributed by atoms with Crippen LogP contribution in [0, 0.1) is 0 Å². The van der Waals surface area contributed by atoms with Crippen molar-refractivity contribution in [2.45, 2.75) is 4.90 Å². The number of phenols is 1. The summed E-state index contributed by atoms with van der Waals surface area (Å²) in [5.41, 5.74) is 0. The predicted octanol–water partition coefficient (Wildman–Crippen LogP) is 4.52. The van der Waals surface area contributed by atoms with Crippen molar-refractivity contribution >= 4 is 23.4 Å². The second-order valence-corrected chi connectivity index (χ2v) is 4.38. The van der Waals surface area contributed by atoms with Gasteiger partial charge in [-0.25, -0.2) is 0 Å². The van der Waals surface area contributed by atoms with Gasteiger partial charge >= 0.3 is 0 Å². The first kappa shape index (κ1) is 12.5. The summed E-state index contributed by atoms with van der Waals surface area (Å²) in [6.45, 7) is 0. The van der Waals surface area contributed by atoms with Gasteiger partial charge in [0.2, 0.25) is 0 Å². The molecular weight excluding hydrogens is 240 g/mol. The van der Waals surface area contributed by atoms with Gasteiger partial charge in [-0.2, -0.15) is 0 Å². The molecule has 3 rings (SSSR count). The number of benzene rings is 3. The number of fused-ring (bicyclic) bond motifs is 1. The average molecular weight is 254 g/mol. The SMILES string of the molecule is Oc1ccc(S)cc1.c1ccc2ccccc2c1. The standard InChI is InChI=1S/C10H8.C6H6OS/c1-2-6-10-8-4-3-7-9(10)5-1;7-5-1-3-6(8)4-2-5/h1-8H;1-4,7-8H. The molecule has 0 bridgehead atoms. The highest BCUT2D eigenvalue weighted by molar-refractivity contribution is 7.80. The van der Waals surface area contributed by atoms with E-state index in [9.17, 15) is 0 Å². The summed E-state index contributed by atoms with van der Waals surface area (Å²) >= 11 is 4.02. The van der Waals surface area contributed by atoms with Gasteiger partial charge in [-0.3, -0.25) is 0 Å². The van der Waals surface area contributed by atoms with E-state index in [-0.39, 0.29) is 5.75 Å². The van der Waals surface area contributed by atoms with Gasteiger partial charge in [0.25, 0.3) is 0 Å². The van der Waals surface area contributed by atoms with E-state index < -0.39 is 0 Å². The molecule has 0 saturated carbocycles. The highest BCUT2D eigenvalue weighted by atomic mass is 32.1. The summed E-state index contributed by atoms with van der Waals surface area (Å²) in [7, 11) is 0. The van der Waals surface area contributed by atoms with Crippen molar-refractivity contribution in [1.29, 1.82) is 0 Å². The van der Waals surface area contributed by atoms with Crippen LogP contribution in [0.3, 0.4) is 0 Å². The van der Waals surface area contributed by atoms with E-state index in [1.54, 1.807) is 24.3 Å². The molecule has 1 nitrogen and oxygen atoms in total. The minimum absolute atomic E-state index is 0.280. The third-order valence-electron chi connectivity index (χ3n) is 2.51. The van der Waals surface area contributed by atoms with E-state index in [0.717, 1.165) is 4.90 Å². The number of thiol groups is 1. The quantitative estimate of drug-likeness (QED) is 0.565. The number of hydrogen-bond donors (Lipinski definition) is 2. The van der Waals surface area contributed by atoms with E-state index in [1.165, 1.54) is 10.8 Å². The smallest absolute Gasteiger partial charge is 0.115 e. The lowest BCUT2D eigenvalue weighted by molar-refractivity contribution is 0.475. The first-order chi connectivity index (χ1) is 8.75. The molecule has 0 atom stereocenters. The van der Waals surface area contributed by atoms with Gasteiger partial charge < -0.3 is 5.11 Å². The number of hydrogen-bond acceptors (Lipinski definition) is 2. The van der Waals surface area contributed by atoms with Gasteiger partial charge in [0.15, 0.2) is 0 Å². The first-order valence-electron chi connectivity index (χ1n) is 5.67. The lowest BCUT2D eigenvalue weighted by atomic mass is 10.1. The van der Waals surface area contributed by atoms with Crippen LogP contribution in [0.2, 0.25) is 0 Å². The van der Waals surface area contributed by atoms with Crippen LogP contribution in [0.5, 0.6) is 5.75 Å². The second kappa shape index (κ2) is 6.12. The van der Waals surface area contributed by atoms with Gasteiger partial charge in [-0.15, -0.1) is 12.6 Å². The second-order valence-electron chi connectivity index (χ2n) is 3.86. The molecule has 0 saturated heterocycles.